The van der Waals surface area contributed by atoms with Crippen LogP contribution < -0.4 is 5.73 Å². The smallest absolute Gasteiger partial charge is 0.165 e. The maximum Gasteiger partial charge on any atom is 0.165 e. The summed E-state index contributed by atoms with van der Waals surface area (Å²) in [5.41, 5.74) is 8.15. The Morgan fingerprint density at radius 1 is 1.20 bits per heavy atom. The quantitative estimate of drug-likeness (QED) is 0.712. The fraction of sp³-hybridized carbons (Fsp3) is 0.389. The van der Waals surface area contributed by atoms with Gasteiger partial charge in [0, 0.05) is 11.5 Å². The highest BCUT2D eigenvalue weighted by atomic mass is 16.5. The van der Waals surface area contributed by atoms with E-state index in [0.29, 0.717) is 24.5 Å². The van der Waals surface area contributed by atoms with Gasteiger partial charge in [-0.1, -0.05) is 30.3 Å². The van der Waals surface area contributed by atoms with E-state index in [4.69, 9.17) is 10.5 Å². The fourth-order valence-electron chi connectivity index (χ4n) is 3.53. The number of fused-ring (bicyclic) bond motifs is 1. The number of nitrogen functional groups attached to an aromatic ring is 1. The Morgan fingerprint density at radius 2 is 2.00 bits per heavy atom. The van der Waals surface area contributed by atoms with Crippen molar-refractivity contribution in [3.8, 4) is 0 Å². The lowest BCUT2D eigenvalue weighted by Gasteiger charge is -2.46. The number of benzene rings is 1. The molecule has 7 heteroatoms. The number of ether oxygens (including phenoxy) is 1. The molecule has 25 heavy (non-hydrogen) atoms. The molecule has 1 aliphatic carbocycles. The number of hydrogen-bond acceptors (Lipinski definition) is 6. The van der Waals surface area contributed by atoms with Crippen LogP contribution in [0.25, 0.3) is 11.2 Å². The van der Waals surface area contributed by atoms with Crippen LogP contribution in [-0.4, -0.2) is 37.8 Å². The molecular weight excluding hydrogens is 318 g/mol. The third-order valence-corrected chi connectivity index (χ3v) is 4.97. The van der Waals surface area contributed by atoms with E-state index in [-0.39, 0.29) is 18.1 Å². The van der Waals surface area contributed by atoms with Crippen LogP contribution in [0.2, 0.25) is 0 Å². The standard InChI is InChI=1S/C18H21N5O2/c19-16-15-17(21-11-20-16)23(12-22-15)14-6-18(7-14,9-24)10-25-8-13-4-2-1-3-5-13/h1-5,11-12,14,24H,6-10H2,(H2,19,20,21). The maximum absolute atomic E-state index is 9.86. The predicted molar refractivity (Wildman–Crippen MR) is 93.6 cm³/mol. The second-order valence-corrected chi connectivity index (χ2v) is 6.78. The van der Waals surface area contributed by atoms with Crippen molar-refractivity contribution in [3.63, 3.8) is 0 Å². The molecule has 0 amide bonds. The minimum Gasteiger partial charge on any atom is -0.396 e. The van der Waals surface area contributed by atoms with Crippen molar-refractivity contribution >= 4 is 17.0 Å². The lowest BCUT2D eigenvalue weighted by atomic mass is 9.66. The van der Waals surface area contributed by atoms with Crippen LogP contribution in [0.15, 0.2) is 43.0 Å². The molecule has 130 valence electrons. The molecule has 0 bridgehead atoms. The van der Waals surface area contributed by atoms with Gasteiger partial charge in [-0.3, -0.25) is 0 Å². The predicted octanol–water partition coefficient (Wildman–Crippen LogP) is 1.94. The second kappa shape index (κ2) is 6.42. The van der Waals surface area contributed by atoms with Crippen LogP contribution in [0.5, 0.6) is 0 Å². The van der Waals surface area contributed by atoms with Gasteiger partial charge in [0.1, 0.15) is 11.8 Å². The summed E-state index contributed by atoms with van der Waals surface area (Å²) in [6, 6.07) is 10.3. The summed E-state index contributed by atoms with van der Waals surface area (Å²) < 4.78 is 7.89. The van der Waals surface area contributed by atoms with E-state index in [1.165, 1.54) is 6.33 Å². The summed E-state index contributed by atoms with van der Waals surface area (Å²) in [6.07, 6.45) is 4.87. The van der Waals surface area contributed by atoms with Crippen molar-refractivity contribution in [3.05, 3.63) is 48.5 Å². The molecule has 2 aromatic heterocycles. The van der Waals surface area contributed by atoms with Crippen LogP contribution in [-0.2, 0) is 11.3 Å². The number of aromatic nitrogens is 4. The molecule has 0 atom stereocenters. The highest BCUT2D eigenvalue weighted by Gasteiger charge is 2.45. The lowest BCUT2D eigenvalue weighted by molar-refractivity contribution is -0.0727. The van der Waals surface area contributed by atoms with E-state index in [2.05, 4.69) is 15.0 Å². The molecule has 3 N–H and O–H groups in total. The van der Waals surface area contributed by atoms with E-state index in [9.17, 15) is 5.11 Å². The Balaban J connectivity index is 1.40. The number of aliphatic hydroxyl groups is 1. The molecule has 4 rings (SSSR count). The van der Waals surface area contributed by atoms with Gasteiger partial charge in [-0.05, 0) is 18.4 Å². The monoisotopic (exact) mass is 339 g/mol. The first kappa shape index (κ1) is 16.0. The topological polar surface area (TPSA) is 99.1 Å². The Hall–Kier alpha value is -2.51. The van der Waals surface area contributed by atoms with Gasteiger partial charge in [-0.15, -0.1) is 0 Å². The molecular formula is C18H21N5O2. The third-order valence-electron chi connectivity index (χ3n) is 4.97. The molecule has 2 heterocycles. The number of aliphatic hydroxyl groups excluding tert-OH is 1. The molecule has 1 saturated carbocycles. The van der Waals surface area contributed by atoms with E-state index in [1.807, 2.05) is 34.9 Å². The van der Waals surface area contributed by atoms with Gasteiger partial charge in [-0.2, -0.15) is 0 Å². The summed E-state index contributed by atoms with van der Waals surface area (Å²) in [5.74, 6) is 0.391. The van der Waals surface area contributed by atoms with Crippen LogP contribution in [0, 0.1) is 5.41 Å². The van der Waals surface area contributed by atoms with Crippen molar-refractivity contribution in [1.29, 1.82) is 0 Å². The van der Waals surface area contributed by atoms with Crippen molar-refractivity contribution < 1.29 is 9.84 Å². The van der Waals surface area contributed by atoms with Gasteiger partial charge in [0.2, 0.25) is 0 Å². The first-order valence-corrected chi connectivity index (χ1v) is 8.36. The van der Waals surface area contributed by atoms with E-state index in [1.54, 1.807) is 6.33 Å². The molecule has 1 aliphatic rings. The number of rotatable bonds is 6. The maximum atomic E-state index is 9.86. The Morgan fingerprint density at radius 3 is 2.76 bits per heavy atom. The zero-order chi connectivity index (χ0) is 17.3. The van der Waals surface area contributed by atoms with E-state index < -0.39 is 0 Å². The van der Waals surface area contributed by atoms with Crippen LogP contribution in [0.1, 0.15) is 24.4 Å². The molecule has 1 fully saturated rings. The SMILES string of the molecule is Nc1ncnc2c1ncn2C1CC(CO)(COCc2ccccc2)C1. The van der Waals surface area contributed by atoms with Gasteiger partial charge < -0.3 is 20.1 Å². The number of imidazole rings is 1. The number of nitrogens with zero attached hydrogens (tertiary/aromatic N) is 4. The third kappa shape index (κ3) is 2.96. The van der Waals surface area contributed by atoms with Crippen molar-refractivity contribution in [2.45, 2.75) is 25.5 Å². The molecule has 0 unspecified atom stereocenters. The normalized spacial score (nSPS) is 22.8. The summed E-state index contributed by atoms with van der Waals surface area (Å²) >= 11 is 0. The molecule has 0 spiro atoms. The highest BCUT2D eigenvalue weighted by molar-refractivity contribution is 5.81. The van der Waals surface area contributed by atoms with Gasteiger partial charge in [0.15, 0.2) is 11.5 Å². The van der Waals surface area contributed by atoms with Gasteiger partial charge in [0.05, 0.1) is 26.1 Å². The largest absolute Gasteiger partial charge is 0.396 e. The van der Waals surface area contributed by atoms with Crippen LogP contribution >= 0.6 is 0 Å². The minimum absolute atomic E-state index is 0.113. The minimum atomic E-state index is -0.200. The van der Waals surface area contributed by atoms with Gasteiger partial charge >= 0.3 is 0 Å². The van der Waals surface area contributed by atoms with Crippen molar-refractivity contribution in [1.82, 2.24) is 19.5 Å². The zero-order valence-corrected chi connectivity index (χ0v) is 13.9. The molecule has 0 saturated heterocycles. The number of nitrogens with two attached hydrogens (primary N) is 1. The molecule has 3 aromatic rings. The highest BCUT2D eigenvalue weighted by Crippen LogP contribution is 2.49. The Kier molecular flexibility index (Phi) is 4.10. The van der Waals surface area contributed by atoms with Crippen molar-refractivity contribution in [2.24, 2.45) is 5.41 Å². The average molecular weight is 339 g/mol. The second-order valence-electron chi connectivity index (χ2n) is 6.78. The summed E-state index contributed by atoms with van der Waals surface area (Å²) in [5, 5.41) is 9.86. The molecule has 0 radical (unpaired) electrons. The fourth-order valence-corrected chi connectivity index (χ4v) is 3.53. The Bertz CT molecular complexity index is 858. The zero-order valence-electron chi connectivity index (χ0n) is 13.9. The van der Waals surface area contributed by atoms with E-state index in [0.717, 1.165) is 24.1 Å². The van der Waals surface area contributed by atoms with Gasteiger partial charge in [-0.25, -0.2) is 15.0 Å². The summed E-state index contributed by atoms with van der Waals surface area (Å²) in [4.78, 5) is 12.6. The molecule has 1 aromatic carbocycles. The van der Waals surface area contributed by atoms with Crippen LogP contribution in [0.4, 0.5) is 5.82 Å². The van der Waals surface area contributed by atoms with Crippen molar-refractivity contribution in [2.75, 3.05) is 18.9 Å². The average Bonchev–Trinajstić information content (AvgIpc) is 3.03. The lowest BCUT2D eigenvalue weighted by Crippen LogP contribution is -2.44. The first-order valence-electron chi connectivity index (χ1n) is 8.36. The Labute approximate surface area is 145 Å². The van der Waals surface area contributed by atoms with E-state index >= 15 is 0 Å². The van der Waals surface area contributed by atoms with Gasteiger partial charge in [0.25, 0.3) is 0 Å². The number of hydrogen-bond donors (Lipinski definition) is 2. The summed E-state index contributed by atoms with van der Waals surface area (Å²) in [6.45, 7) is 1.21. The number of anilines is 1. The molecule has 0 aliphatic heterocycles. The van der Waals surface area contributed by atoms with Crippen LogP contribution in [0.3, 0.4) is 0 Å². The first-order chi connectivity index (χ1) is 12.2. The summed E-state index contributed by atoms with van der Waals surface area (Å²) in [7, 11) is 0. The molecule has 7 nitrogen and oxygen atoms in total.